The number of hydrogen-bond acceptors (Lipinski definition) is 4. The molecule has 2 unspecified atom stereocenters. The highest BCUT2D eigenvalue weighted by Crippen LogP contribution is 2.29. The molecule has 7 heteroatoms. The molecule has 134 valence electrons. The summed E-state index contributed by atoms with van der Waals surface area (Å²) in [5.74, 6) is 0.670. The first kappa shape index (κ1) is 19.0. The van der Waals surface area contributed by atoms with Crippen LogP contribution in [-0.4, -0.2) is 22.7 Å². The summed E-state index contributed by atoms with van der Waals surface area (Å²) >= 11 is 0. The number of amides is 1. The molecule has 0 radical (unpaired) electrons. The molecule has 25 heavy (non-hydrogen) atoms. The predicted octanol–water partition coefficient (Wildman–Crippen LogP) is 3.03. The number of hydrogen-bond donors (Lipinski definition) is 2. The van der Waals surface area contributed by atoms with Crippen molar-refractivity contribution < 1.29 is 9.21 Å². The maximum absolute atomic E-state index is 12.6. The fraction of sp³-hybridized carbons (Fsp3) is 0.333. The van der Waals surface area contributed by atoms with Gasteiger partial charge in [0.15, 0.2) is 0 Å². The second-order valence-corrected chi connectivity index (χ2v) is 5.99. The van der Waals surface area contributed by atoms with E-state index in [9.17, 15) is 4.79 Å². The Morgan fingerprint density at radius 3 is 2.64 bits per heavy atom. The minimum absolute atomic E-state index is 0. The van der Waals surface area contributed by atoms with Gasteiger partial charge in [0.2, 0.25) is 5.91 Å². The number of fused-ring (bicyclic) bond motifs is 1. The molecule has 2 aromatic heterocycles. The third-order valence-corrected chi connectivity index (χ3v) is 4.24. The summed E-state index contributed by atoms with van der Waals surface area (Å²) < 4.78 is 7.61. The Bertz CT molecular complexity index is 871. The van der Waals surface area contributed by atoms with Gasteiger partial charge < -0.3 is 15.1 Å². The number of aromatic nitrogens is 2. The van der Waals surface area contributed by atoms with Crippen molar-refractivity contribution in [3.05, 3.63) is 53.5 Å². The van der Waals surface area contributed by atoms with E-state index in [4.69, 9.17) is 4.42 Å². The predicted molar refractivity (Wildman–Crippen MR) is 99.8 cm³/mol. The fourth-order valence-corrected chi connectivity index (χ4v) is 3.01. The molecule has 0 saturated heterocycles. The van der Waals surface area contributed by atoms with E-state index in [0.29, 0.717) is 0 Å². The van der Waals surface area contributed by atoms with E-state index < -0.39 is 6.04 Å². The lowest BCUT2D eigenvalue weighted by Gasteiger charge is -2.18. The van der Waals surface area contributed by atoms with Crippen LogP contribution in [0.25, 0.3) is 11.0 Å². The highest BCUT2D eigenvalue weighted by atomic mass is 35.5. The summed E-state index contributed by atoms with van der Waals surface area (Å²) in [6.45, 7) is 3.94. The molecule has 2 N–H and O–H groups in total. The minimum atomic E-state index is -0.453. The van der Waals surface area contributed by atoms with Gasteiger partial charge in [0.05, 0.1) is 12.2 Å². The first-order valence-electron chi connectivity index (χ1n) is 7.95. The van der Waals surface area contributed by atoms with E-state index in [1.54, 1.807) is 17.9 Å². The van der Waals surface area contributed by atoms with Gasteiger partial charge in [0.1, 0.15) is 17.4 Å². The molecule has 0 bridgehead atoms. The molecule has 1 aromatic carbocycles. The van der Waals surface area contributed by atoms with Gasteiger partial charge >= 0.3 is 0 Å². The lowest BCUT2D eigenvalue weighted by atomic mass is 10.1. The number of nitrogens with one attached hydrogen (secondary N) is 2. The number of likely N-dealkylation sites (N-methyl/N-ethyl adjacent to an activating group) is 1. The molecule has 1 amide bonds. The van der Waals surface area contributed by atoms with Crippen molar-refractivity contribution in [3.8, 4) is 0 Å². The average Bonchev–Trinajstić information content (AvgIpc) is 3.13. The Balaban J connectivity index is 0.00000225. The Morgan fingerprint density at radius 1 is 1.32 bits per heavy atom. The summed E-state index contributed by atoms with van der Waals surface area (Å²) in [5, 5.41) is 11.3. The number of halogens is 1. The molecule has 0 fully saturated rings. The maximum Gasteiger partial charge on any atom is 0.242 e. The smallest absolute Gasteiger partial charge is 0.242 e. The minimum Gasteiger partial charge on any atom is -0.459 e. The maximum atomic E-state index is 12.6. The number of benzene rings is 1. The van der Waals surface area contributed by atoms with Crippen molar-refractivity contribution in [2.75, 3.05) is 7.05 Å². The van der Waals surface area contributed by atoms with Crippen LogP contribution >= 0.6 is 12.4 Å². The number of aryl methyl sites for hydroxylation is 2. The van der Waals surface area contributed by atoms with Crippen molar-refractivity contribution in [2.24, 2.45) is 7.05 Å². The average molecular weight is 363 g/mol. The second kappa shape index (κ2) is 7.72. The summed E-state index contributed by atoms with van der Waals surface area (Å²) in [7, 11) is 3.59. The fourth-order valence-electron chi connectivity index (χ4n) is 3.01. The Kier molecular flexibility index (Phi) is 5.87. The van der Waals surface area contributed by atoms with Crippen LogP contribution in [0.3, 0.4) is 0 Å². The number of para-hydroxylation sites is 1. The molecule has 0 aliphatic carbocycles. The number of rotatable bonds is 5. The third-order valence-electron chi connectivity index (χ3n) is 4.24. The molecule has 3 rings (SSSR count). The van der Waals surface area contributed by atoms with Crippen LogP contribution in [-0.2, 0) is 11.8 Å². The molecule has 0 aliphatic rings. The van der Waals surface area contributed by atoms with Gasteiger partial charge in [-0.1, -0.05) is 18.2 Å². The highest BCUT2D eigenvalue weighted by molar-refractivity contribution is 5.85. The van der Waals surface area contributed by atoms with E-state index in [1.807, 2.05) is 51.4 Å². The quantitative estimate of drug-likeness (QED) is 0.731. The zero-order valence-electron chi connectivity index (χ0n) is 14.7. The van der Waals surface area contributed by atoms with Gasteiger partial charge in [0, 0.05) is 29.8 Å². The number of carbonyl (C=O) groups excluding carboxylic acids is 1. The van der Waals surface area contributed by atoms with Gasteiger partial charge in [-0.05, 0) is 27.0 Å². The van der Waals surface area contributed by atoms with E-state index in [2.05, 4.69) is 15.7 Å². The SMILES string of the molecule is CNC(C(=O)NC(C)c1oc2ccccc2c1C)c1cnn(C)c1.Cl. The van der Waals surface area contributed by atoms with E-state index >= 15 is 0 Å². The first-order valence-corrected chi connectivity index (χ1v) is 7.95. The van der Waals surface area contributed by atoms with Crippen LogP contribution in [0.5, 0.6) is 0 Å². The van der Waals surface area contributed by atoms with Crippen molar-refractivity contribution in [1.29, 1.82) is 0 Å². The zero-order chi connectivity index (χ0) is 17.3. The topological polar surface area (TPSA) is 72.1 Å². The van der Waals surface area contributed by atoms with Gasteiger partial charge in [-0.3, -0.25) is 9.48 Å². The standard InChI is InChI=1S/C18H22N4O2.ClH/c1-11-14-7-5-6-8-15(14)24-17(11)12(2)21-18(23)16(19-3)13-9-20-22(4)10-13;/h5-10,12,16,19H,1-4H3,(H,21,23);1H. The Morgan fingerprint density at radius 2 is 2.04 bits per heavy atom. The number of carbonyl (C=O) groups is 1. The molecule has 0 spiro atoms. The van der Waals surface area contributed by atoms with Gasteiger partial charge in [-0.25, -0.2) is 0 Å². The van der Waals surface area contributed by atoms with E-state index in [1.165, 1.54) is 0 Å². The molecule has 0 aliphatic heterocycles. The summed E-state index contributed by atoms with van der Waals surface area (Å²) in [4.78, 5) is 12.6. The van der Waals surface area contributed by atoms with Crippen molar-refractivity contribution in [2.45, 2.75) is 25.9 Å². The number of furan rings is 1. The molecule has 2 heterocycles. The van der Waals surface area contributed by atoms with Gasteiger partial charge in [-0.15, -0.1) is 12.4 Å². The summed E-state index contributed by atoms with van der Waals surface area (Å²) in [6, 6.07) is 7.21. The third kappa shape index (κ3) is 3.70. The molecular formula is C18H23ClN4O2. The molecule has 0 saturated carbocycles. The van der Waals surface area contributed by atoms with Crippen LogP contribution in [0.2, 0.25) is 0 Å². The van der Waals surface area contributed by atoms with Crippen LogP contribution in [0.1, 0.15) is 35.9 Å². The summed E-state index contributed by atoms with van der Waals surface area (Å²) in [6.07, 6.45) is 3.52. The number of nitrogens with zero attached hydrogens (tertiary/aromatic N) is 2. The Hall–Kier alpha value is -2.31. The normalized spacial score (nSPS) is 13.3. The second-order valence-electron chi connectivity index (χ2n) is 5.99. The lowest BCUT2D eigenvalue weighted by molar-refractivity contribution is -0.123. The van der Waals surface area contributed by atoms with Gasteiger partial charge in [-0.2, -0.15) is 5.10 Å². The monoisotopic (exact) mass is 362 g/mol. The highest BCUT2D eigenvalue weighted by Gasteiger charge is 2.24. The van der Waals surface area contributed by atoms with Crippen molar-refractivity contribution in [3.63, 3.8) is 0 Å². The van der Waals surface area contributed by atoms with Crippen LogP contribution in [0, 0.1) is 6.92 Å². The molecule has 2 atom stereocenters. The first-order chi connectivity index (χ1) is 11.5. The van der Waals surface area contributed by atoms with Crippen LogP contribution in [0.15, 0.2) is 41.1 Å². The van der Waals surface area contributed by atoms with Crippen LogP contribution < -0.4 is 10.6 Å². The molecule has 3 aromatic rings. The van der Waals surface area contributed by atoms with E-state index in [-0.39, 0.29) is 24.4 Å². The molecular weight excluding hydrogens is 340 g/mol. The summed E-state index contributed by atoms with van der Waals surface area (Å²) in [5.41, 5.74) is 2.72. The van der Waals surface area contributed by atoms with Gasteiger partial charge in [0.25, 0.3) is 0 Å². The molecule has 6 nitrogen and oxygen atoms in total. The lowest BCUT2D eigenvalue weighted by Crippen LogP contribution is -2.37. The zero-order valence-corrected chi connectivity index (χ0v) is 15.6. The van der Waals surface area contributed by atoms with Crippen molar-refractivity contribution >= 4 is 29.3 Å². The van der Waals surface area contributed by atoms with E-state index in [0.717, 1.165) is 27.9 Å². The Labute approximate surface area is 153 Å². The van der Waals surface area contributed by atoms with Crippen molar-refractivity contribution in [1.82, 2.24) is 20.4 Å². The largest absolute Gasteiger partial charge is 0.459 e. The van der Waals surface area contributed by atoms with Crippen LogP contribution in [0.4, 0.5) is 0 Å².